The third kappa shape index (κ3) is 3.19. The average Bonchev–Trinajstić information content (AvgIpc) is 2.69. The number of ether oxygens (including phenoxy) is 1. The highest BCUT2D eigenvalue weighted by molar-refractivity contribution is 5.83. The van der Waals surface area contributed by atoms with Crippen molar-refractivity contribution in [1.82, 2.24) is 10.2 Å². The predicted molar refractivity (Wildman–Crippen MR) is 66.5 cm³/mol. The first-order valence-corrected chi connectivity index (χ1v) is 6.82. The first kappa shape index (κ1) is 12.8. The fourth-order valence-corrected chi connectivity index (χ4v) is 2.62. The van der Waals surface area contributed by atoms with Crippen molar-refractivity contribution < 1.29 is 9.53 Å². The zero-order valence-electron chi connectivity index (χ0n) is 10.9. The molecule has 0 radical (unpaired) electrons. The van der Waals surface area contributed by atoms with E-state index in [0.29, 0.717) is 18.7 Å². The lowest BCUT2D eigenvalue weighted by molar-refractivity contribution is -0.130. The fourth-order valence-electron chi connectivity index (χ4n) is 2.62. The summed E-state index contributed by atoms with van der Waals surface area (Å²) in [7, 11) is 0. The SMILES string of the molecule is CC(C)C1NCN(CCC2CCCCO2)C1=O. The van der Waals surface area contributed by atoms with Gasteiger partial charge in [-0.05, 0) is 31.6 Å². The highest BCUT2D eigenvalue weighted by Crippen LogP contribution is 2.18. The van der Waals surface area contributed by atoms with E-state index in [0.717, 1.165) is 26.0 Å². The Bertz CT molecular complexity index is 262. The molecular weight excluding hydrogens is 216 g/mol. The van der Waals surface area contributed by atoms with E-state index in [4.69, 9.17) is 4.74 Å². The summed E-state index contributed by atoms with van der Waals surface area (Å²) in [6.07, 6.45) is 4.97. The molecule has 2 unspecified atom stereocenters. The zero-order chi connectivity index (χ0) is 12.3. The van der Waals surface area contributed by atoms with E-state index in [1.165, 1.54) is 12.8 Å². The number of nitrogens with one attached hydrogen (secondary N) is 1. The molecule has 0 bridgehead atoms. The number of hydrogen-bond donors (Lipinski definition) is 1. The van der Waals surface area contributed by atoms with Crippen LogP contribution in [0.25, 0.3) is 0 Å². The van der Waals surface area contributed by atoms with Gasteiger partial charge in [0.25, 0.3) is 0 Å². The minimum atomic E-state index is 0.0160. The van der Waals surface area contributed by atoms with Crippen LogP contribution >= 0.6 is 0 Å². The average molecular weight is 240 g/mol. The van der Waals surface area contributed by atoms with E-state index >= 15 is 0 Å². The van der Waals surface area contributed by atoms with E-state index in [9.17, 15) is 4.79 Å². The number of nitrogens with zero attached hydrogens (tertiary/aromatic N) is 1. The van der Waals surface area contributed by atoms with E-state index < -0.39 is 0 Å². The van der Waals surface area contributed by atoms with E-state index in [1.54, 1.807) is 0 Å². The monoisotopic (exact) mass is 240 g/mol. The summed E-state index contributed by atoms with van der Waals surface area (Å²) >= 11 is 0. The molecule has 1 N–H and O–H groups in total. The third-order valence-corrected chi connectivity index (χ3v) is 3.74. The molecule has 1 amide bonds. The molecule has 2 aliphatic rings. The molecule has 4 nitrogen and oxygen atoms in total. The molecule has 0 aromatic carbocycles. The summed E-state index contributed by atoms with van der Waals surface area (Å²) in [5, 5.41) is 3.28. The van der Waals surface area contributed by atoms with Crippen LogP contribution in [0.1, 0.15) is 39.5 Å². The maximum absolute atomic E-state index is 12.0. The maximum Gasteiger partial charge on any atom is 0.241 e. The van der Waals surface area contributed by atoms with Gasteiger partial charge in [-0.3, -0.25) is 10.1 Å². The number of hydrogen-bond acceptors (Lipinski definition) is 3. The first-order valence-electron chi connectivity index (χ1n) is 6.82. The summed E-state index contributed by atoms with van der Waals surface area (Å²) in [5.41, 5.74) is 0. The van der Waals surface area contributed by atoms with Gasteiger partial charge < -0.3 is 9.64 Å². The smallest absolute Gasteiger partial charge is 0.241 e. The highest BCUT2D eigenvalue weighted by atomic mass is 16.5. The van der Waals surface area contributed by atoms with Crippen LogP contribution in [0.15, 0.2) is 0 Å². The third-order valence-electron chi connectivity index (χ3n) is 3.74. The van der Waals surface area contributed by atoms with Crippen LogP contribution in [0.2, 0.25) is 0 Å². The van der Waals surface area contributed by atoms with Gasteiger partial charge in [0.2, 0.25) is 5.91 Å². The second kappa shape index (κ2) is 5.83. The van der Waals surface area contributed by atoms with E-state index in [-0.39, 0.29) is 11.9 Å². The minimum absolute atomic E-state index is 0.0160. The van der Waals surface area contributed by atoms with E-state index in [2.05, 4.69) is 19.2 Å². The van der Waals surface area contributed by atoms with Crippen molar-refractivity contribution >= 4 is 5.91 Å². The number of carbonyl (C=O) groups is 1. The number of rotatable bonds is 4. The second-order valence-electron chi connectivity index (χ2n) is 5.46. The Morgan fingerprint density at radius 1 is 1.47 bits per heavy atom. The summed E-state index contributed by atoms with van der Waals surface area (Å²) in [6.45, 7) is 6.60. The van der Waals surface area contributed by atoms with Crippen LogP contribution < -0.4 is 5.32 Å². The second-order valence-corrected chi connectivity index (χ2v) is 5.46. The van der Waals surface area contributed by atoms with Crippen LogP contribution in [-0.4, -0.2) is 42.8 Å². The van der Waals surface area contributed by atoms with Crippen molar-refractivity contribution in [2.75, 3.05) is 19.8 Å². The first-order chi connectivity index (χ1) is 8.18. The van der Waals surface area contributed by atoms with Crippen LogP contribution in [0, 0.1) is 5.92 Å². The van der Waals surface area contributed by atoms with Crippen molar-refractivity contribution in [2.24, 2.45) is 5.92 Å². The van der Waals surface area contributed by atoms with E-state index in [1.807, 2.05) is 4.90 Å². The van der Waals surface area contributed by atoms with Crippen molar-refractivity contribution in [1.29, 1.82) is 0 Å². The van der Waals surface area contributed by atoms with Gasteiger partial charge in [-0.25, -0.2) is 0 Å². The maximum atomic E-state index is 12.0. The van der Waals surface area contributed by atoms with Crippen LogP contribution in [-0.2, 0) is 9.53 Å². The Morgan fingerprint density at radius 2 is 2.29 bits per heavy atom. The van der Waals surface area contributed by atoms with Gasteiger partial charge in [0.15, 0.2) is 0 Å². The van der Waals surface area contributed by atoms with Gasteiger partial charge >= 0.3 is 0 Å². The summed E-state index contributed by atoms with van der Waals surface area (Å²) in [4.78, 5) is 14.0. The van der Waals surface area contributed by atoms with Crippen molar-refractivity contribution in [3.8, 4) is 0 Å². The minimum Gasteiger partial charge on any atom is -0.378 e. The Morgan fingerprint density at radius 3 is 2.88 bits per heavy atom. The molecule has 0 aromatic rings. The van der Waals surface area contributed by atoms with Gasteiger partial charge in [-0.15, -0.1) is 0 Å². The molecule has 2 heterocycles. The van der Waals surface area contributed by atoms with Crippen molar-refractivity contribution in [3.63, 3.8) is 0 Å². The van der Waals surface area contributed by atoms with Gasteiger partial charge in [0, 0.05) is 13.2 Å². The normalized spacial score (nSPS) is 30.3. The molecule has 0 spiro atoms. The van der Waals surface area contributed by atoms with Gasteiger partial charge in [-0.1, -0.05) is 13.8 Å². The molecule has 0 aromatic heterocycles. The Balaban J connectivity index is 1.74. The molecule has 2 aliphatic heterocycles. The summed E-state index contributed by atoms with van der Waals surface area (Å²) in [6, 6.07) is 0.0160. The summed E-state index contributed by atoms with van der Waals surface area (Å²) < 4.78 is 5.69. The Hall–Kier alpha value is -0.610. The quantitative estimate of drug-likeness (QED) is 0.806. The van der Waals surface area contributed by atoms with Gasteiger partial charge in [0.05, 0.1) is 18.8 Å². The highest BCUT2D eigenvalue weighted by Gasteiger charge is 2.33. The Labute approximate surface area is 104 Å². The molecule has 4 heteroatoms. The molecule has 2 fully saturated rings. The standard InChI is InChI=1S/C13H24N2O2/c1-10(2)12-13(16)15(9-14-12)7-6-11-5-3-4-8-17-11/h10-12,14H,3-9H2,1-2H3. The van der Waals surface area contributed by atoms with Gasteiger partial charge in [0.1, 0.15) is 0 Å². The lowest BCUT2D eigenvalue weighted by atomic mass is 10.0. The topological polar surface area (TPSA) is 41.6 Å². The van der Waals surface area contributed by atoms with Crippen molar-refractivity contribution in [2.45, 2.75) is 51.7 Å². The fraction of sp³-hybridized carbons (Fsp3) is 0.923. The lowest BCUT2D eigenvalue weighted by Crippen LogP contribution is -2.36. The summed E-state index contributed by atoms with van der Waals surface area (Å²) in [5.74, 6) is 0.634. The van der Waals surface area contributed by atoms with Gasteiger partial charge in [-0.2, -0.15) is 0 Å². The Kier molecular flexibility index (Phi) is 4.40. The molecular formula is C13H24N2O2. The predicted octanol–water partition coefficient (Wildman–Crippen LogP) is 1.36. The molecule has 2 saturated heterocycles. The number of amides is 1. The molecule has 2 atom stereocenters. The molecule has 98 valence electrons. The van der Waals surface area contributed by atoms with Crippen LogP contribution in [0.3, 0.4) is 0 Å². The molecule has 0 saturated carbocycles. The van der Waals surface area contributed by atoms with Crippen molar-refractivity contribution in [3.05, 3.63) is 0 Å². The molecule has 0 aliphatic carbocycles. The molecule has 2 rings (SSSR count). The largest absolute Gasteiger partial charge is 0.378 e. The zero-order valence-corrected chi connectivity index (χ0v) is 10.9. The van der Waals surface area contributed by atoms with Crippen LogP contribution in [0.4, 0.5) is 0 Å². The lowest BCUT2D eigenvalue weighted by Gasteiger charge is -2.25. The van der Waals surface area contributed by atoms with Crippen LogP contribution in [0.5, 0.6) is 0 Å². The number of carbonyl (C=O) groups excluding carboxylic acids is 1. The molecule has 17 heavy (non-hydrogen) atoms.